The number of sulfonamides is 1. The van der Waals surface area contributed by atoms with E-state index in [1.165, 1.54) is 0 Å². The second-order valence-electron chi connectivity index (χ2n) is 4.44. The van der Waals surface area contributed by atoms with E-state index in [9.17, 15) is 8.42 Å². The molecule has 2 rings (SSSR count). The van der Waals surface area contributed by atoms with Crippen LogP contribution in [0, 0.1) is 6.92 Å². The van der Waals surface area contributed by atoms with Crippen molar-refractivity contribution in [2.24, 2.45) is 0 Å². The Morgan fingerprint density at radius 3 is 2.57 bits per heavy atom. The molecule has 1 aromatic heterocycles. The Hall–Kier alpha value is -0.960. The zero-order valence-corrected chi connectivity index (χ0v) is 15.1. The van der Waals surface area contributed by atoms with Gasteiger partial charge >= 0.3 is 0 Å². The number of rotatable bonds is 4. The molecule has 5 nitrogen and oxygen atoms in total. The molecule has 0 saturated heterocycles. The number of aryl methyl sites for hydroxylation is 1. The number of anilines is 1. The van der Waals surface area contributed by atoms with Gasteiger partial charge in [0.05, 0.1) is 5.69 Å². The zero-order chi connectivity index (χ0) is 15.6. The molecule has 2 aromatic rings. The lowest BCUT2D eigenvalue weighted by atomic mass is 10.2. The summed E-state index contributed by atoms with van der Waals surface area (Å²) >= 11 is 6.49. The van der Waals surface area contributed by atoms with Gasteiger partial charge in [0, 0.05) is 27.4 Å². The second kappa shape index (κ2) is 6.43. The Morgan fingerprint density at radius 2 is 2.00 bits per heavy atom. The van der Waals surface area contributed by atoms with Crippen molar-refractivity contribution in [3.63, 3.8) is 0 Å². The maximum atomic E-state index is 12.4. The quantitative estimate of drug-likeness (QED) is 0.724. The van der Waals surface area contributed by atoms with E-state index in [1.54, 1.807) is 18.3 Å². The van der Waals surface area contributed by atoms with Crippen LogP contribution in [0.15, 0.2) is 44.3 Å². The number of halogens is 2. The molecule has 21 heavy (non-hydrogen) atoms. The summed E-state index contributed by atoms with van der Waals surface area (Å²) in [5, 5.41) is 0. The number of hydrogen-bond donors (Lipinski definition) is 2. The number of hydrogen-bond acceptors (Lipinski definition) is 4. The van der Waals surface area contributed by atoms with Gasteiger partial charge in [-0.05, 0) is 46.6 Å². The summed E-state index contributed by atoms with van der Waals surface area (Å²) in [4.78, 5) is 4.16. The number of nitrogen functional groups attached to an aromatic ring is 1. The minimum atomic E-state index is -3.72. The third kappa shape index (κ3) is 4.03. The third-order valence-electron chi connectivity index (χ3n) is 2.74. The summed E-state index contributed by atoms with van der Waals surface area (Å²) in [6.07, 6.45) is 1.64. The Balaban J connectivity index is 2.25. The number of nitrogens with one attached hydrogen (secondary N) is 1. The van der Waals surface area contributed by atoms with Crippen molar-refractivity contribution in [3.05, 3.63) is 50.7 Å². The molecule has 1 heterocycles. The van der Waals surface area contributed by atoms with Crippen LogP contribution < -0.4 is 10.5 Å². The van der Waals surface area contributed by atoms with Gasteiger partial charge in [-0.15, -0.1) is 0 Å². The predicted molar refractivity (Wildman–Crippen MR) is 89.3 cm³/mol. The van der Waals surface area contributed by atoms with Gasteiger partial charge in [0.1, 0.15) is 4.90 Å². The van der Waals surface area contributed by atoms with E-state index in [-0.39, 0.29) is 17.1 Å². The van der Waals surface area contributed by atoms with Crippen LogP contribution in [0.1, 0.15) is 11.3 Å². The normalized spacial score (nSPS) is 11.6. The summed E-state index contributed by atoms with van der Waals surface area (Å²) < 4.78 is 28.4. The highest BCUT2D eigenvalue weighted by atomic mass is 79.9. The molecule has 0 saturated carbocycles. The molecule has 112 valence electrons. The van der Waals surface area contributed by atoms with E-state index in [0.29, 0.717) is 8.95 Å². The lowest BCUT2D eigenvalue weighted by molar-refractivity contribution is 0.581. The van der Waals surface area contributed by atoms with Crippen LogP contribution in [-0.4, -0.2) is 13.4 Å². The first-order chi connectivity index (χ1) is 9.79. The van der Waals surface area contributed by atoms with Crippen LogP contribution >= 0.6 is 31.9 Å². The highest BCUT2D eigenvalue weighted by Gasteiger charge is 2.21. The van der Waals surface area contributed by atoms with Crippen LogP contribution in [0.2, 0.25) is 0 Å². The van der Waals surface area contributed by atoms with Crippen molar-refractivity contribution in [1.82, 2.24) is 9.71 Å². The predicted octanol–water partition coefficient (Wildman–Crippen LogP) is 2.98. The van der Waals surface area contributed by atoms with Crippen molar-refractivity contribution in [2.75, 3.05) is 5.73 Å². The first-order valence-corrected chi connectivity index (χ1v) is 9.02. The average Bonchev–Trinajstić information content (AvgIpc) is 2.36. The number of aromatic nitrogens is 1. The summed E-state index contributed by atoms with van der Waals surface area (Å²) in [7, 11) is -3.72. The van der Waals surface area contributed by atoms with Gasteiger partial charge in [-0.2, -0.15) is 0 Å². The summed E-state index contributed by atoms with van der Waals surface area (Å²) in [5.74, 6) is 0. The molecule has 0 spiro atoms. The molecule has 0 atom stereocenters. The molecule has 0 aliphatic rings. The summed E-state index contributed by atoms with van der Waals surface area (Å²) in [6.45, 7) is 2.02. The Bertz CT molecular complexity index is 738. The maximum Gasteiger partial charge on any atom is 0.244 e. The highest BCUT2D eigenvalue weighted by molar-refractivity contribution is 9.11. The SMILES string of the molecule is Cc1ccc(CNS(=O)(=O)c2c(N)cc(Br)cc2Br)cn1. The van der Waals surface area contributed by atoms with Crippen LogP contribution in [0.25, 0.3) is 0 Å². The largest absolute Gasteiger partial charge is 0.398 e. The second-order valence-corrected chi connectivity index (χ2v) is 7.91. The number of benzene rings is 1. The molecule has 0 bridgehead atoms. The van der Waals surface area contributed by atoms with E-state index < -0.39 is 10.0 Å². The van der Waals surface area contributed by atoms with Gasteiger partial charge in [-0.1, -0.05) is 22.0 Å². The molecular weight excluding hydrogens is 422 g/mol. The van der Waals surface area contributed by atoms with E-state index in [0.717, 1.165) is 11.3 Å². The fourth-order valence-electron chi connectivity index (χ4n) is 1.72. The first kappa shape index (κ1) is 16.4. The molecule has 0 aliphatic carbocycles. The summed E-state index contributed by atoms with van der Waals surface area (Å²) in [6, 6.07) is 6.84. The van der Waals surface area contributed by atoms with Crippen LogP contribution in [0.3, 0.4) is 0 Å². The fourth-order valence-corrected chi connectivity index (χ4v) is 4.80. The molecule has 3 N–H and O–H groups in total. The van der Waals surface area contributed by atoms with Gasteiger partial charge in [-0.3, -0.25) is 4.98 Å². The maximum absolute atomic E-state index is 12.4. The Kier molecular flexibility index (Phi) is 5.03. The van der Waals surface area contributed by atoms with E-state index in [1.807, 2.05) is 19.1 Å². The van der Waals surface area contributed by atoms with Gasteiger partial charge in [-0.25, -0.2) is 13.1 Å². The fraction of sp³-hybridized carbons (Fsp3) is 0.154. The molecular formula is C13H13Br2N3O2S. The molecule has 0 unspecified atom stereocenters. The zero-order valence-electron chi connectivity index (χ0n) is 11.1. The van der Waals surface area contributed by atoms with Gasteiger partial charge in [0.15, 0.2) is 0 Å². The Morgan fingerprint density at radius 1 is 1.29 bits per heavy atom. The number of pyridine rings is 1. The lowest BCUT2D eigenvalue weighted by Crippen LogP contribution is -2.24. The molecule has 0 fully saturated rings. The van der Waals surface area contributed by atoms with Crippen molar-refractivity contribution >= 4 is 47.6 Å². The minimum Gasteiger partial charge on any atom is -0.398 e. The number of nitrogens with zero attached hydrogens (tertiary/aromatic N) is 1. The van der Waals surface area contributed by atoms with Gasteiger partial charge < -0.3 is 5.73 Å². The van der Waals surface area contributed by atoms with E-state index >= 15 is 0 Å². The van der Waals surface area contributed by atoms with Gasteiger partial charge in [0.2, 0.25) is 10.0 Å². The van der Waals surface area contributed by atoms with E-state index in [4.69, 9.17) is 5.73 Å². The molecule has 0 aliphatic heterocycles. The number of nitrogens with two attached hydrogens (primary N) is 1. The van der Waals surface area contributed by atoms with Crippen molar-refractivity contribution in [1.29, 1.82) is 0 Å². The average molecular weight is 435 g/mol. The lowest BCUT2D eigenvalue weighted by Gasteiger charge is -2.11. The molecule has 1 aromatic carbocycles. The summed E-state index contributed by atoms with van der Waals surface area (Å²) in [5.41, 5.74) is 7.63. The van der Waals surface area contributed by atoms with Crippen molar-refractivity contribution < 1.29 is 8.42 Å². The first-order valence-electron chi connectivity index (χ1n) is 5.95. The van der Waals surface area contributed by atoms with Crippen molar-refractivity contribution in [2.45, 2.75) is 18.4 Å². The molecule has 8 heteroatoms. The monoisotopic (exact) mass is 433 g/mol. The van der Waals surface area contributed by atoms with Crippen LogP contribution in [-0.2, 0) is 16.6 Å². The van der Waals surface area contributed by atoms with Crippen molar-refractivity contribution in [3.8, 4) is 0 Å². The molecule has 0 amide bonds. The smallest absolute Gasteiger partial charge is 0.244 e. The third-order valence-corrected chi connectivity index (χ3v) is 5.61. The van der Waals surface area contributed by atoms with Crippen LogP contribution in [0.5, 0.6) is 0 Å². The minimum absolute atomic E-state index is 0.0331. The highest BCUT2D eigenvalue weighted by Crippen LogP contribution is 2.31. The van der Waals surface area contributed by atoms with Gasteiger partial charge in [0.25, 0.3) is 0 Å². The molecule has 0 radical (unpaired) electrons. The van der Waals surface area contributed by atoms with E-state index in [2.05, 4.69) is 41.6 Å². The topological polar surface area (TPSA) is 85.1 Å². The standard InChI is InChI=1S/C13H13Br2N3O2S/c1-8-2-3-9(6-17-8)7-18-21(19,20)13-11(15)4-10(14)5-12(13)16/h2-6,18H,7,16H2,1H3. The Labute approximate surface area is 140 Å². The van der Waals surface area contributed by atoms with Crippen LogP contribution in [0.4, 0.5) is 5.69 Å².